The van der Waals surface area contributed by atoms with Gasteiger partial charge in [-0.2, -0.15) is 0 Å². The average molecular weight is 294 g/mol. The van der Waals surface area contributed by atoms with Crippen LogP contribution >= 0.6 is 23.1 Å². The molecule has 0 aromatic carbocycles. The van der Waals surface area contributed by atoms with Crippen molar-refractivity contribution in [3.8, 4) is 0 Å². The molecule has 3 rings (SSSR count). The number of hydrogen-bond acceptors (Lipinski definition) is 7. The van der Waals surface area contributed by atoms with E-state index in [1.165, 1.54) is 23.1 Å². The van der Waals surface area contributed by atoms with E-state index in [4.69, 9.17) is 4.42 Å². The van der Waals surface area contributed by atoms with Crippen LogP contribution in [0.15, 0.2) is 25.8 Å². The van der Waals surface area contributed by atoms with E-state index in [0.717, 1.165) is 4.83 Å². The minimum atomic E-state index is -0.0320. The fraction of sp³-hybridized carbons (Fsp3) is 0.273. The second kappa shape index (κ2) is 4.78. The van der Waals surface area contributed by atoms with Crippen LogP contribution in [-0.4, -0.2) is 19.7 Å². The summed E-state index contributed by atoms with van der Waals surface area (Å²) >= 11 is 2.87. The number of aromatic nitrogens is 4. The van der Waals surface area contributed by atoms with Crippen LogP contribution in [-0.2, 0) is 12.8 Å². The van der Waals surface area contributed by atoms with Gasteiger partial charge in [0.1, 0.15) is 4.83 Å². The van der Waals surface area contributed by atoms with Crippen molar-refractivity contribution in [3.63, 3.8) is 0 Å². The van der Waals surface area contributed by atoms with Crippen LogP contribution in [0.25, 0.3) is 10.2 Å². The summed E-state index contributed by atoms with van der Waals surface area (Å²) in [5.74, 6) is 1.56. The number of thiophene rings is 1. The normalized spacial score (nSPS) is 11.3. The van der Waals surface area contributed by atoms with Crippen molar-refractivity contribution in [1.82, 2.24) is 19.7 Å². The standard InChI is InChI=1S/C11H10N4O2S2/c1-6-13-14-8(17-6)5-19-11-12-9-7(3-4-18-9)10(16)15(11)2/h3-4H,5H2,1-2H3. The number of hydrogen-bond donors (Lipinski definition) is 0. The first kappa shape index (κ1) is 12.4. The highest BCUT2D eigenvalue weighted by atomic mass is 32.2. The van der Waals surface area contributed by atoms with Crippen molar-refractivity contribution in [2.24, 2.45) is 7.05 Å². The zero-order valence-corrected chi connectivity index (χ0v) is 11.9. The van der Waals surface area contributed by atoms with Gasteiger partial charge in [-0.1, -0.05) is 11.8 Å². The van der Waals surface area contributed by atoms with E-state index in [1.54, 1.807) is 24.6 Å². The Morgan fingerprint density at radius 3 is 3.05 bits per heavy atom. The molecule has 19 heavy (non-hydrogen) atoms. The van der Waals surface area contributed by atoms with E-state index < -0.39 is 0 Å². The van der Waals surface area contributed by atoms with Crippen molar-refractivity contribution in [3.05, 3.63) is 33.6 Å². The minimum Gasteiger partial charge on any atom is -0.425 e. The molecule has 0 aliphatic rings. The summed E-state index contributed by atoms with van der Waals surface area (Å²) in [5, 5.41) is 10.9. The van der Waals surface area contributed by atoms with Gasteiger partial charge in [0, 0.05) is 14.0 Å². The van der Waals surface area contributed by atoms with E-state index in [-0.39, 0.29) is 5.56 Å². The summed E-state index contributed by atoms with van der Waals surface area (Å²) in [5.41, 5.74) is -0.0320. The van der Waals surface area contributed by atoms with Gasteiger partial charge < -0.3 is 4.42 Å². The summed E-state index contributed by atoms with van der Waals surface area (Å²) in [7, 11) is 1.72. The van der Waals surface area contributed by atoms with E-state index in [9.17, 15) is 4.79 Å². The quantitative estimate of drug-likeness (QED) is 0.543. The molecule has 98 valence electrons. The monoisotopic (exact) mass is 294 g/mol. The molecule has 0 aliphatic carbocycles. The van der Waals surface area contributed by atoms with Gasteiger partial charge in [-0.25, -0.2) is 4.98 Å². The maximum Gasteiger partial charge on any atom is 0.262 e. The smallest absolute Gasteiger partial charge is 0.262 e. The molecule has 8 heteroatoms. The Morgan fingerprint density at radius 1 is 1.47 bits per heavy atom. The van der Waals surface area contributed by atoms with Gasteiger partial charge in [-0.05, 0) is 11.4 Å². The minimum absolute atomic E-state index is 0.0320. The zero-order chi connectivity index (χ0) is 13.4. The van der Waals surface area contributed by atoms with Crippen LogP contribution in [0.3, 0.4) is 0 Å². The third-order valence-electron chi connectivity index (χ3n) is 2.56. The van der Waals surface area contributed by atoms with E-state index >= 15 is 0 Å². The SMILES string of the molecule is Cc1nnc(CSc2nc3sccc3c(=O)n2C)o1. The molecule has 3 aromatic rings. The molecule has 0 radical (unpaired) electrons. The molecule has 0 N–H and O–H groups in total. The molecule has 0 aliphatic heterocycles. The fourth-order valence-corrected chi connectivity index (χ4v) is 3.25. The van der Waals surface area contributed by atoms with Crippen molar-refractivity contribution in [2.45, 2.75) is 17.8 Å². The highest BCUT2D eigenvalue weighted by Gasteiger charge is 2.11. The van der Waals surface area contributed by atoms with Gasteiger partial charge >= 0.3 is 0 Å². The Balaban J connectivity index is 1.92. The van der Waals surface area contributed by atoms with E-state index in [0.29, 0.717) is 28.1 Å². The lowest BCUT2D eigenvalue weighted by molar-refractivity contribution is 0.485. The molecule has 0 spiro atoms. The predicted molar refractivity (Wildman–Crippen MR) is 73.5 cm³/mol. The Morgan fingerprint density at radius 2 is 2.32 bits per heavy atom. The van der Waals surface area contributed by atoms with Gasteiger partial charge in [0.2, 0.25) is 11.8 Å². The van der Waals surface area contributed by atoms with Gasteiger partial charge in [0.15, 0.2) is 5.16 Å². The molecule has 3 heterocycles. The zero-order valence-electron chi connectivity index (χ0n) is 10.3. The van der Waals surface area contributed by atoms with Gasteiger partial charge in [-0.3, -0.25) is 9.36 Å². The van der Waals surface area contributed by atoms with Crippen LogP contribution in [0.4, 0.5) is 0 Å². The molecular weight excluding hydrogens is 284 g/mol. The first-order chi connectivity index (χ1) is 9.15. The molecule has 0 atom stereocenters. The third-order valence-corrected chi connectivity index (χ3v) is 4.38. The molecule has 0 amide bonds. The summed E-state index contributed by atoms with van der Waals surface area (Å²) in [6.45, 7) is 1.74. The molecular formula is C11H10N4O2S2. The van der Waals surface area contributed by atoms with Gasteiger partial charge in [0.05, 0.1) is 11.1 Å². The van der Waals surface area contributed by atoms with Crippen molar-refractivity contribution < 1.29 is 4.42 Å². The van der Waals surface area contributed by atoms with Crippen molar-refractivity contribution in [1.29, 1.82) is 0 Å². The molecule has 0 bridgehead atoms. The largest absolute Gasteiger partial charge is 0.425 e. The Hall–Kier alpha value is -1.67. The lowest BCUT2D eigenvalue weighted by Crippen LogP contribution is -2.19. The van der Waals surface area contributed by atoms with E-state index in [1.807, 2.05) is 5.38 Å². The number of aryl methyl sites for hydroxylation is 1. The molecule has 3 aromatic heterocycles. The van der Waals surface area contributed by atoms with Crippen molar-refractivity contribution in [2.75, 3.05) is 0 Å². The molecule has 6 nitrogen and oxygen atoms in total. The highest BCUT2D eigenvalue weighted by Crippen LogP contribution is 2.22. The Labute approximate surface area is 116 Å². The second-order valence-corrected chi connectivity index (χ2v) is 5.74. The van der Waals surface area contributed by atoms with Crippen LogP contribution in [0, 0.1) is 6.92 Å². The Kier molecular flexibility index (Phi) is 3.11. The van der Waals surface area contributed by atoms with Crippen molar-refractivity contribution >= 4 is 33.3 Å². The number of thioether (sulfide) groups is 1. The van der Waals surface area contributed by atoms with Gasteiger partial charge in [0.25, 0.3) is 5.56 Å². The first-order valence-corrected chi connectivity index (χ1v) is 7.37. The second-order valence-electron chi connectivity index (χ2n) is 3.90. The topological polar surface area (TPSA) is 73.8 Å². The first-order valence-electron chi connectivity index (χ1n) is 5.51. The third kappa shape index (κ3) is 2.28. The highest BCUT2D eigenvalue weighted by molar-refractivity contribution is 7.98. The van der Waals surface area contributed by atoms with Crippen LogP contribution < -0.4 is 5.56 Å². The summed E-state index contributed by atoms with van der Waals surface area (Å²) in [6.07, 6.45) is 0. The number of nitrogens with zero attached hydrogens (tertiary/aromatic N) is 4. The molecule has 0 saturated carbocycles. The average Bonchev–Trinajstić information content (AvgIpc) is 3.01. The van der Waals surface area contributed by atoms with Crippen LogP contribution in [0.2, 0.25) is 0 Å². The lowest BCUT2D eigenvalue weighted by atomic mass is 10.4. The van der Waals surface area contributed by atoms with Crippen LogP contribution in [0.1, 0.15) is 11.8 Å². The molecule has 0 fully saturated rings. The summed E-state index contributed by atoms with van der Waals surface area (Å²) in [4.78, 5) is 17.3. The lowest BCUT2D eigenvalue weighted by Gasteiger charge is -2.05. The molecule has 0 saturated heterocycles. The predicted octanol–water partition coefficient (Wildman–Crippen LogP) is 1.98. The van der Waals surface area contributed by atoms with E-state index in [2.05, 4.69) is 15.2 Å². The molecule has 0 unspecified atom stereocenters. The van der Waals surface area contributed by atoms with Crippen LogP contribution in [0.5, 0.6) is 0 Å². The summed E-state index contributed by atoms with van der Waals surface area (Å²) < 4.78 is 6.84. The Bertz CT molecular complexity index is 789. The maximum atomic E-state index is 12.1. The number of rotatable bonds is 3. The maximum absolute atomic E-state index is 12.1. The fourth-order valence-electron chi connectivity index (χ4n) is 1.63. The van der Waals surface area contributed by atoms with Gasteiger partial charge in [-0.15, -0.1) is 21.5 Å². The number of fused-ring (bicyclic) bond motifs is 1. The summed E-state index contributed by atoms with van der Waals surface area (Å²) in [6, 6.07) is 1.80.